The smallest absolute Gasteiger partial charge is 0.214 e. The summed E-state index contributed by atoms with van der Waals surface area (Å²) in [6.07, 6.45) is 4.33. The molecule has 0 unspecified atom stereocenters. The standard InChI is InChI=1S/C14H13N3OS/c18-12(9-5-1-2-6-9)13-16-19-14-15-10-7-3-4-8-11(10)17(13)14/h3-4,7-9H,1-2,5-6H2. The molecule has 0 spiro atoms. The molecule has 1 saturated carbocycles. The average Bonchev–Trinajstić information content (AvgIpc) is 3.14. The largest absolute Gasteiger partial charge is 0.290 e. The second-order valence-electron chi connectivity index (χ2n) is 5.07. The Balaban J connectivity index is 1.91. The van der Waals surface area contributed by atoms with Crippen LogP contribution < -0.4 is 0 Å². The van der Waals surface area contributed by atoms with Crippen molar-refractivity contribution in [3.63, 3.8) is 0 Å². The van der Waals surface area contributed by atoms with E-state index in [4.69, 9.17) is 0 Å². The van der Waals surface area contributed by atoms with Gasteiger partial charge < -0.3 is 0 Å². The highest BCUT2D eigenvalue weighted by Gasteiger charge is 2.28. The normalized spacial score (nSPS) is 16.6. The third-order valence-electron chi connectivity index (χ3n) is 3.90. The molecule has 1 aliphatic carbocycles. The Hall–Kier alpha value is -1.75. The topological polar surface area (TPSA) is 47.3 Å². The molecular weight excluding hydrogens is 258 g/mol. The van der Waals surface area contributed by atoms with Crippen LogP contribution in [0.2, 0.25) is 0 Å². The van der Waals surface area contributed by atoms with Gasteiger partial charge in [-0.2, -0.15) is 4.37 Å². The van der Waals surface area contributed by atoms with Crippen LogP contribution in [0.5, 0.6) is 0 Å². The van der Waals surface area contributed by atoms with E-state index in [1.165, 1.54) is 11.5 Å². The number of imidazole rings is 1. The number of carbonyl (C=O) groups excluding carboxylic acids is 1. The van der Waals surface area contributed by atoms with Gasteiger partial charge in [-0.1, -0.05) is 25.0 Å². The van der Waals surface area contributed by atoms with Crippen molar-refractivity contribution in [2.75, 3.05) is 0 Å². The lowest BCUT2D eigenvalue weighted by Gasteiger charge is -2.05. The molecule has 4 nitrogen and oxygen atoms in total. The molecule has 0 saturated heterocycles. The minimum atomic E-state index is 0.159. The number of rotatable bonds is 2. The highest BCUT2D eigenvalue weighted by Crippen LogP contribution is 2.29. The number of nitrogens with zero attached hydrogens (tertiary/aromatic N) is 3. The van der Waals surface area contributed by atoms with Crippen LogP contribution in [0.25, 0.3) is 16.0 Å². The number of hydrogen-bond donors (Lipinski definition) is 0. The zero-order chi connectivity index (χ0) is 12.8. The first-order valence-electron chi connectivity index (χ1n) is 6.61. The second-order valence-corrected chi connectivity index (χ2v) is 5.80. The average molecular weight is 271 g/mol. The maximum absolute atomic E-state index is 12.6. The van der Waals surface area contributed by atoms with Crippen LogP contribution in [0.3, 0.4) is 0 Å². The monoisotopic (exact) mass is 271 g/mol. The molecule has 1 aliphatic rings. The lowest BCUT2D eigenvalue weighted by molar-refractivity contribution is 0.0912. The van der Waals surface area contributed by atoms with Crippen molar-refractivity contribution in [2.45, 2.75) is 25.7 Å². The minimum absolute atomic E-state index is 0.159. The van der Waals surface area contributed by atoms with Crippen molar-refractivity contribution in [3.05, 3.63) is 30.1 Å². The van der Waals surface area contributed by atoms with Crippen molar-refractivity contribution in [2.24, 2.45) is 5.92 Å². The Bertz CT molecular complexity index is 767. The van der Waals surface area contributed by atoms with Gasteiger partial charge in [0, 0.05) is 17.5 Å². The quantitative estimate of drug-likeness (QED) is 0.672. The van der Waals surface area contributed by atoms with E-state index in [-0.39, 0.29) is 11.7 Å². The summed E-state index contributed by atoms with van der Waals surface area (Å²) in [6, 6.07) is 7.90. The molecule has 0 amide bonds. The molecule has 96 valence electrons. The van der Waals surface area contributed by atoms with E-state index in [9.17, 15) is 4.79 Å². The van der Waals surface area contributed by atoms with Crippen LogP contribution in [-0.4, -0.2) is 19.5 Å². The fourth-order valence-electron chi connectivity index (χ4n) is 2.92. The van der Waals surface area contributed by atoms with Crippen molar-refractivity contribution in [1.82, 2.24) is 13.8 Å². The third kappa shape index (κ3) is 1.61. The summed E-state index contributed by atoms with van der Waals surface area (Å²) in [5, 5.41) is 0. The van der Waals surface area contributed by atoms with Crippen LogP contribution >= 0.6 is 11.5 Å². The molecule has 3 aromatic rings. The van der Waals surface area contributed by atoms with E-state index in [0.717, 1.165) is 41.7 Å². The molecule has 19 heavy (non-hydrogen) atoms. The lowest BCUT2D eigenvalue weighted by atomic mass is 10.0. The van der Waals surface area contributed by atoms with Gasteiger partial charge in [0.15, 0.2) is 5.82 Å². The Kier molecular flexibility index (Phi) is 2.41. The van der Waals surface area contributed by atoms with Gasteiger partial charge in [0.1, 0.15) is 0 Å². The predicted octanol–water partition coefficient (Wildman–Crippen LogP) is 3.32. The van der Waals surface area contributed by atoms with Gasteiger partial charge in [-0.15, -0.1) is 0 Å². The summed E-state index contributed by atoms with van der Waals surface area (Å²) in [7, 11) is 0. The van der Waals surface area contributed by atoms with E-state index < -0.39 is 0 Å². The van der Waals surface area contributed by atoms with E-state index >= 15 is 0 Å². The SMILES string of the molecule is O=C(c1nsc2nc3ccccc3n12)C1CCCC1. The summed E-state index contributed by atoms with van der Waals surface area (Å²) in [5.74, 6) is 0.916. The number of carbonyl (C=O) groups is 1. The van der Waals surface area contributed by atoms with E-state index in [0.29, 0.717) is 5.82 Å². The van der Waals surface area contributed by atoms with Crippen molar-refractivity contribution >= 4 is 33.3 Å². The molecule has 2 heterocycles. The molecule has 0 aliphatic heterocycles. The molecule has 0 bridgehead atoms. The van der Waals surface area contributed by atoms with Gasteiger partial charge in [-0.3, -0.25) is 9.20 Å². The van der Waals surface area contributed by atoms with Crippen molar-refractivity contribution < 1.29 is 4.79 Å². The van der Waals surface area contributed by atoms with Gasteiger partial charge in [0.25, 0.3) is 0 Å². The Morgan fingerprint density at radius 1 is 1.26 bits per heavy atom. The second kappa shape index (κ2) is 4.13. The Morgan fingerprint density at radius 2 is 2.05 bits per heavy atom. The van der Waals surface area contributed by atoms with E-state index in [1.54, 1.807) is 0 Å². The molecule has 5 heteroatoms. The minimum Gasteiger partial charge on any atom is -0.290 e. The molecule has 0 radical (unpaired) electrons. The molecule has 0 N–H and O–H groups in total. The van der Waals surface area contributed by atoms with Crippen LogP contribution in [0.1, 0.15) is 36.3 Å². The van der Waals surface area contributed by atoms with Gasteiger partial charge in [0.05, 0.1) is 11.0 Å². The summed E-state index contributed by atoms with van der Waals surface area (Å²) < 4.78 is 6.26. The fourth-order valence-corrected chi connectivity index (χ4v) is 3.67. The molecule has 1 aromatic carbocycles. The number of ketones is 1. The van der Waals surface area contributed by atoms with Gasteiger partial charge in [-0.25, -0.2) is 4.98 Å². The van der Waals surface area contributed by atoms with Crippen LogP contribution in [-0.2, 0) is 0 Å². The number of benzene rings is 1. The highest BCUT2D eigenvalue weighted by molar-refractivity contribution is 7.11. The summed E-state index contributed by atoms with van der Waals surface area (Å²) in [6.45, 7) is 0. The van der Waals surface area contributed by atoms with E-state index in [2.05, 4.69) is 9.36 Å². The third-order valence-corrected chi connectivity index (χ3v) is 4.60. The first-order valence-corrected chi connectivity index (χ1v) is 7.39. The summed E-state index contributed by atoms with van der Waals surface area (Å²) in [5.41, 5.74) is 1.91. The highest BCUT2D eigenvalue weighted by atomic mass is 32.1. The number of Topliss-reactive ketones (excluding diaryl/α,β-unsaturated/α-hetero) is 1. The fraction of sp³-hybridized carbons (Fsp3) is 0.357. The predicted molar refractivity (Wildman–Crippen MR) is 74.7 cm³/mol. The zero-order valence-electron chi connectivity index (χ0n) is 10.4. The van der Waals surface area contributed by atoms with Crippen molar-refractivity contribution in [1.29, 1.82) is 0 Å². The molecule has 4 rings (SSSR count). The Morgan fingerprint density at radius 3 is 2.89 bits per heavy atom. The number of fused-ring (bicyclic) bond motifs is 3. The van der Waals surface area contributed by atoms with Gasteiger partial charge >= 0.3 is 0 Å². The number of hydrogen-bond acceptors (Lipinski definition) is 4. The van der Waals surface area contributed by atoms with Crippen LogP contribution in [0.4, 0.5) is 0 Å². The molecule has 1 fully saturated rings. The lowest BCUT2D eigenvalue weighted by Crippen LogP contribution is -2.14. The molecular formula is C14H13N3OS. The number of para-hydroxylation sites is 2. The summed E-state index contributed by atoms with van der Waals surface area (Å²) >= 11 is 1.31. The maximum Gasteiger partial charge on any atom is 0.214 e. The van der Waals surface area contributed by atoms with E-state index in [1.807, 2.05) is 28.7 Å². The molecule has 0 atom stereocenters. The first kappa shape index (κ1) is 11.1. The maximum atomic E-state index is 12.6. The van der Waals surface area contributed by atoms with Crippen LogP contribution in [0, 0.1) is 5.92 Å². The zero-order valence-corrected chi connectivity index (χ0v) is 11.2. The first-order chi connectivity index (χ1) is 9.34. The Labute approximate surface area is 114 Å². The van der Waals surface area contributed by atoms with Crippen molar-refractivity contribution in [3.8, 4) is 0 Å². The molecule has 2 aromatic heterocycles. The number of aromatic nitrogens is 3. The van der Waals surface area contributed by atoms with Crippen LogP contribution in [0.15, 0.2) is 24.3 Å². The summed E-state index contributed by atoms with van der Waals surface area (Å²) in [4.78, 5) is 17.9. The van der Waals surface area contributed by atoms with Gasteiger partial charge in [-0.05, 0) is 25.0 Å². The van der Waals surface area contributed by atoms with Gasteiger partial charge in [0.2, 0.25) is 10.7 Å².